The predicted octanol–water partition coefficient (Wildman–Crippen LogP) is 5.18. The molecule has 2 aromatic carbocycles. The third-order valence-electron chi connectivity index (χ3n) is 5.45. The van der Waals surface area contributed by atoms with E-state index in [0.29, 0.717) is 28.8 Å². The van der Waals surface area contributed by atoms with Gasteiger partial charge in [0.05, 0.1) is 24.5 Å². The zero-order valence-electron chi connectivity index (χ0n) is 20.8. The van der Waals surface area contributed by atoms with Crippen molar-refractivity contribution in [1.29, 1.82) is 0 Å². The number of ether oxygens (including phenoxy) is 1. The van der Waals surface area contributed by atoms with Gasteiger partial charge in [-0.2, -0.15) is 13.2 Å². The number of anilines is 1. The quantitative estimate of drug-likeness (QED) is 0.347. The monoisotopic (exact) mass is 535 g/mol. The maximum atomic E-state index is 12.9. The summed E-state index contributed by atoms with van der Waals surface area (Å²) >= 11 is 1.11. The molecule has 3 rings (SSSR count). The van der Waals surface area contributed by atoms with E-state index < -0.39 is 23.7 Å². The summed E-state index contributed by atoms with van der Waals surface area (Å²) in [5, 5.41) is 14.4. The van der Waals surface area contributed by atoms with Crippen LogP contribution in [0.4, 0.5) is 18.9 Å². The molecule has 37 heavy (non-hydrogen) atoms. The van der Waals surface area contributed by atoms with Gasteiger partial charge >= 0.3 is 6.18 Å². The van der Waals surface area contributed by atoms with Crippen LogP contribution in [0.2, 0.25) is 0 Å². The summed E-state index contributed by atoms with van der Waals surface area (Å²) in [6.07, 6.45) is -4.50. The van der Waals surface area contributed by atoms with Crippen LogP contribution in [0.25, 0.3) is 0 Å². The lowest BCUT2D eigenvalue weighted by atomic mass is 10.0. The molecule has 0 aliphatic carbocycles. The molecule has 1 heterocycles. The number of benzene rings is 2. The number of carbonyl (C=O) groups excluding carboxylic acids is 2. The van der Waals surface area contributed by atoms with Crippen LogP contribution in [0.3, 0.4) is 0 Å². The van der Waals surface area contributed by atoms with Crippen LogP contribution in [0.15, 0.2) is 53.7 Å². The van der Waals surface area contributed by atoms with Gasteiger partial charge in [-0.1, -0.05) is 31.7 Å². The van der Waals surface area contributed by atoms with Crippen LogP contribution >= 0.6 is 11.8 Å². The maximum Gasteiger partial charge on any atom is 0.416 e. The van der Waals surface area contributed by atoms with Gasteiger partial charge < -0.3 is 19.9 Å². The summed E-state index contributed by atoms with van der Waals surface area (Å²) in [7, 11) is 1.55. The van der Waals surface area contributed by atoms with Crippen LogP contribution in [-0.4, -0.2) is 39.4 Å². The van der Waals surface area contributed by atoms with E-state index in [9.17, 15) is 22.8 Å². The Bertz CT molecular complexity index is 1230. The number of alkyl halides is 3. The highest BCUT2D eigenvalue weighted by molar-refractivity contribution is 7.99. The van der Waals surface area contributed by atoms with E-state index in [4.69, 9.17) is 4.74 Å². The Balaban J connectivity index is 1.69. The molecule has 0 bridgehead atoms. The minimum absolute atomic E-state index is 0.0150. The molecule has 2 amide bonds. The summed E-state index contributed by atoms with van der Waals surface area (Å²) in [6.45, 7) is 6.27. The molecule has 12 heteroatoms. The SMILES string of the molecule is CCn1c(SCC(=O)Nc2cccc(C(F)(F)F)c2)nnc1[C@H](NC(=O)c1ccc(OC)cc1)C(C)C. The van der Waals surface area contributed by atoms with Crippen molar-refractivity contribution in [1.82, 2.24) is 20.1 Å². The second-order valence-corrected chi connectivity index (χ2v) is 9.37. The molecule has 8 nitrogen and oxygen atoms in total. The normalized spacial score (nSPS) is 12.3. The molecule has 198 valence electrons. The van der Waals surface area contributed by atoms with Gasteiger partial charge in [-0.3, -0.25) is 9.59 Å². The van der Waals surface area contributed by atoms with Crippen LogP contribution in [0.1, 0.15) is 48.6 Å². The van der Waals surface area contributed by atoms with Gasteiger partial charge in [0.25, 0.3) is 5.91 Å². The number of nitrogens with zero attached hydrogens (tertiary/aromatic N) is 3. The van der Waals surface area contributed by atoms with E-state index in [2.05, 4.69) is 20.8 Å². The molecule has 1 atom stereocenters. The fraction of sp³-hybridized carbons (Fsp3) is 0.360. The fourth-order valence-electron chi connectivity index (χ4n) is 3.53. The number of nitrogens with one attached hydrogen (secondary N) is 2. The number of rotatable bonds is 10. The van der Waals surface area contributed by atoms with Gasteiger partial charge in [0.1, 0.15) is 5.75 Å². The van der Waals surface area contributed by atoms with Crippen molar-refractivity contribution in [2.24, 2.45) is 5.92 Å². The van der Waals surface area contributed by atoms with Crippen molar-refractivity contribution in [3.63, 3.8) is 0 Å². The average molecular weight is 536 g/mol. The van der Waals surface area contributed by atoms with Crippen LogP contribution in [0.5, 0.6) is 5.75 Å². The second-order valence-electron chi connectivity index (χ2n) is 8.42. The lowest BCUT2D eigenvalue weighted by Gasteiger charge is -2.22. The number of aromatic nitrogens is 3. The van der Waals surface area contributed by atoms with Crippen molar-refractivity contribution in [2.45, 2.75) is 44.7 Å². The first-order chi connectivity index (χ1) is 17.5. The molecule has 0 radical (unpaired) electrons. The first-order valence-electron chi connectivity index (χ1n) is 11.5. The molecule has 1 aromatic heterocycles. The molecule has 0 fully saturated rings. The maximum absolute atomic E-state index is 12.9. The molecular weight excluding hydrogens is 507 g/mol. The van der Waals surface area contributed by atoms with Crippen molar-refractivity contribution in [2.75, 3.05) is 18.2 Å². The highest BCUT2D eigenvalue weighted by atomic mass is 32.2. The molecule has 0 saturated carbocycles. The average Bonchev–Trinajstić information content (AvgIpc) is 3.27. The highest BCUT2D eigenvalue weighted by Gasteiger charge is 2.30. The van der Waals surface area contributed by atoms with Crippen molar-refractivity contribution >= 4 is 29.3 Å². The Hall–Kier alpha value is -3.54. The number of hydrogen-bond donors (Lipinski definition) is 2. The van der Waals surface area contributed by atoms with Gasteiger partial charge in [0.15, 0.2) is 11.0 Å². The van der Waals surface area contributed by atoms with E-state index >= 15 is 0 Å². The van der Waals surface area contributed by atoms with Crippen LogP contribution in [0, 0.1) is 5.92 Å². The van der Waals surface area contributed by atoms with Crippen molar-refractivity contribution < 1.29 is 27.5 Å². The Morgan fingerprint density at radius 3 is 2.41 bits per heavy atom. The Kier molecular flexibility index (Phi) is 9.19. The number of amides is 2. The molecule has 3 aromatic rings. The number of thioether (sulfide) groups is 1. The zero-order valence-corrected chi connectivity index (χ0v) is 21.6. The molecule has 0 saturated heterocycles. The molecule has 0 spiro atoms. The summed E-state index contributed by atoms with van der Waals surface area (Å²) in [5.74, 6) is 0.325. The van der Waals surface area contributed by atoms with E-state index in [0.717, 1.165) is 23.9 Å². The molecule has 0 aliphatic rings. The fourth-order valence-corrected chi connectivity index (χ4v) is 4.34. The van der Waals surface area contributed by atoms with Crippen molar-refractivity contribution in [3.05, 3.63) is 65.5 Å². The highest BCUT2D eigenvalue weighted by Crippen LogP contribution is 2.31. The van der Waals surface area contributed by atoms with E-state index in [1.807, 2.05) is 20.8 Å². The zero-order chi connectivity index (χ0) is 27.2. The molecule has 2 N–H and O–H groups in total. The Labute approximate surface area is 217 Å². The first-order valence-corrected chi connectivity index (χ1v) is 12.5. The van der Waals surface area contributed by atoms with Gasteiger partial charge in [-0.15, -0.1) is 10.2 Å². The van der Waals surface area contributed by atoms with Crippen molar-refractivity contribution in [3.8, 4) is 5.75 Å². The third kappa shape index (κ3) is 7.25. The first kappa shape index (κ1) is 28.0. The molecule has 0 unspecified atom stereocenters. The van der Waals surface area contributed by atoms with E-state index in [1.54, 1.807) is 35.9 Å². The van der Waals surface area contributed by atoms with Crippen LogP contribution < -0.4 is 15.4 Å². The molecular formula is C25H28F3N5O3S. The lowest BCUT2D eigenvalue weighted by Crippen LogP contribution is -2.33. The van der Waals surface area contributed by atoms with Crippen LogP contribution in [-0.2, 0) is 17.5 Å². The van der Waals surface area contributed by atoms with Gasteiger partial charge in [0, 0.05) is 17.8 Å². The predicted molar refractivity (Wildman–Crippen MR) is 135 cm³/mol. The Morgan fingerprint density at radius 2 is 1.81 bits per heavy atom. The summed E-state index contributed by atoms with van der Waals surface area (Å²) < 4.78 is 45.7. The van der Waals surface area contributed by atoms with E-state index in [1.165, 1.54) is 12.1 Å². The Morgan fingerprint density at radius 1 is 1.11 bits per heavy atom. The number of methoxy groups -OCH3 is 1. The summed E-state index contributed by atoms with van der Waals surface area (Å²) in [4.78, 5) is 25.3. The van der Waals surface area contributed by atoms with Gasteiger partial charge in [-0.05, 0) is 55.3 Å². The number of carbonyl (C=O) groups is 2. The standard InChI is InChI=1S/C25H28F3N5O3S/c1-5-33-22(21(15(2)3)30-23(35)16-9-11-19(36-4)12-10-16)31-32-24(33)37-14-20(34)29-18-8-6-7-17(13-18)25(26,27)28/h6-13,15,21H,5,14H2,1-4H3,(H,29,34)(H,30,35)/t21-/m1/s1. The topological polar surface area (TPSA) is 98.1 Å². The third-order valence-corrected chi connectivity index (χ3v) is 6.42. The summed E-state index contributed by atoms with van der Waals surface area (Å²) in [5.41, 5.74) is -0.321. The van der Waals surface area contributed by atoms with Gasteiger partial charge in [-0.25, -0.2) is 0 Å². The largest absolute Gasteiger partial charge is 0.497 e. The number of hydrogen-bond acceptors (Lipinski definition) is 6. The smallest absolute Gasteiger partial charge is 0.416 e. The van der Waals surface area contributed by atoms with Gasteiger partial charge in [0.2, 0.25) is 5.91 Å². The van der Waals surface area contributed by atoms with E-state index in [-0.39, 0.29) is 23.3 Å². The minimum Gasteiger partial charge on any atom is -0.497 e. The second kappa shape index (κ2) is 12.1. The summed E-state index contributed by atoms with van der Waals surface area (Å²) in [6, 6.07) is 10.7. The minimum atomic E-state index is -4.50. The number of halogens is 3. The molecule has 0 aliphatic heterocycles. The lowest BCUT2D eigenvalue weighted by molar-refractivity contribution is -0.137.